The average Bonchev–Trinajstić information content (AvgIpc) is 2.62. The number of halogens is 2. The fraction of sp³-hybridized carbons (Fsp3) is 0.278. The van der Waals surface area contributed by atoms with Gasteiger partial charge in [0.05, 0.1) is 29.8 Å². The van der Waals surface area contributed by atoms with E-state index in [9.17, 15) is 8.42 Å². The Morgan fingerprint density at radius 3 is 2.67 bits per heavy atom. The summed E-state index contributed by atoms with van der Waals surface area (Å²) < 4.78 is 30.2. The summed E-state index contributed by atoms with van der Waals surface area (Å²) in [6, 6.07) is 13.8. The second kappa shape index (κ2) is 9.61. The molecule has 2 aromatic carbocycles. The van der Waals surface area contributed by atoms with Crippen LogP contribution in [-0.2, 0) is 9.84 Å². The fourth-order valence-electron chi connectivity index (χ4n) is 2.76. The van der Waals surface area contributed by atoms with Crippen LogP contribution in [0.3, 0.4) is 0 Å². The number of ether oxygens (including phenoxy) is 1. The molecule has 0 bridgehead atoms. The molecule has 1 unspecified atom stereocenters. The van der Waals surface area contributed by atoms with Gasteiger partial charge in [0.1, 0.15) is 5.75 Å². The minimum atomic E-state index is -3.42. The van der Waals surface area contributed by atoms with Gasteiger partial charge in [0.2, 0.25) is 0 Å². The molecule has 2 aromatic rings. The van der Waals surface area contributed by atoms with E-state index in [0.29, 0.717) is 11.6 Å². The minimum absolute atomic E-state index is 0. The van der Waals surface area contributed by atoms with E-state index in [0.717, 1.165) is 17.7 Å². The highest BCUT2D eigenvalue weighted by atomic mass is 127. The van der Waals surface area contributed by atoms with Crippen molar-refractivity contribution in [2.24, 2.45) is 10.7 Å². The molecule has 1 atom stereocenters. The predicted octanol–water partition coefficient (Wildman–Crippen LogP) is 3.16. The summed E-state index contributed by atoms with van der Waals surface area (Å²) in [6.45, 7) is 0.668. The first-order valence-electron chi connectivity index (χ1n) is 8.22. The van der Waals surface area contributed by atoms with Crippen LogP contribution in [0.15, 0.2) is 58.4 Å². The molecule has 27 heavy (non-hydrogen) atoms. The quantitative estimate of drug-likeness (QED) is 0.358. The zero-order chi connectivity index (χ0) is 18.6. The van der Waals surface area contributed by atoms with Crippen molar-refractivity contribution in [2.45, 2.75) is 17.4 Å². The molecule has 146 valence electrons. The molecule has 3 N–H and O–H groups in total. The van der Waals surface area contributed by atoms with Crippen molar-refractivity contribution < 1.29 is 13.2 Å². The van der Waals surface area contributed by atoms with Crippen LogP contribution in [0.2, 0.25) is 5.02 Å². The zero-order valence-corrected chi connectivity index (χ0v) is 18.4. The van der Waals surface area contributed by atoms with E-state index in [1.807, 2.05) is 24.3 Å². The maximum Gasteiger partial charge on any atom is 0.189 e. The number of hydrogen-bond donors (Lipinski definition) is 2. The first-order valence-corrected chi connectivity index (χ1v) is 10.3. The summed E-state index contributed by atoms with van der Waals surface area (Å²) in [6.07, 6.45) is 0.760. The van der Waals surface area contributed by atoms with Crippen molar-refractivity contribution in [3.63, 3.8) is 0 Å². The Morgan fingerprint density at radius 2 is 1.93 bits per heavy atom. The lowest BCUT2D eigenvalue weighted by Gasteiger charge is -2.26. The highest BCUT2D eigenvalue weighted by molar-refractivity contribution is 14.0. The van der Waals surface area contributed by atoms with Crippen LogP contribution in [-0.4, -0.2) is 33.3 Å². The molecule has 3 rings (SSSR count). The highest BCUT2D eigenvalue weighted by Crippen LogP contribution is 2.31. The smallest absolute Gasteiger partial charge is 0.189 e. The SMILES string of the molecule is I.NC(=NCCS(=O)(=O)c1ccc(Cl)cc1)NC1CCOc2ccccc21. The van der Waals surface area contributed by atoms with Crippen LogP contribution >= 0.6 is 35.6 Å². The molecule has 6 nitrogen and oxygen atoms in total. The van der Waals surface area contributed by atoms with Crippen LogP contribution in [0.1, 0.15) is 18.0 Å². The van der Waals surface area contributed by atoms with Crippen molar-refractivity contribution in [2.75, 3.05) is 18.9 Å². The highest BCUT2D eigenvalue weighted by Gasteiger charge is 2.21. The van der Waals surface area contributed by atoms with Crippen LogP contribution in [0.5, 0.6) is 5.75 Å². The number of fused-ring (bicyclic) bond motifs is 1. The van der Waals surface area contributed by atoms with Crippen LogP contribution in [0.25, 0.3) is 0 Å². The van der Waals surface area contributed by atoms with E-state index in [1.54, 1.807) is 12.1 Å². The molecule has 0 saturated carbocycles. The molecular formula is C18H21ClIN3O3S. The number of nitrogens with zero attached hydrogens (tertiary/aromatic N) is 1. The number of hydrogen-bond acceptors (Lipinski definition) is 4. The van der Waals surface area contributed by atoms with E-state index in [2.05, 4.69) is 10.3 Å². The lowest BCUT2D eigenvalue weighted by atomic mass is 10.0. The number of rotatable bonds is 5. The van der Waals surface area contributed by atoms with Gasteiger partial charge in [-0.25, -0.2) is 8.42 Å². The van der Waals surface area contributed by atoms with Gasteiger partial charge in [-0.3, -0.25) is 4.99 Å². The molecule has 1 aliphatic heterocycles. The van der Waals surface area contributed by atoms with Crippen molar-refractivity contribution in [1.29, 1.82) is 0 Å². The van der Waals surface area contributed by atoms with E-state index in [1.165, 1.54) is 12.1 Å². The third-order valence-electron chi connectivity index (χ3n) is 4.10. The van der Waals surface area contributed by atoms with Crippen molar-refractivity contribution in [3.05, 3.63) is 59.1 Å². The van der Waals surface area contributed by atoms with E-state index in [-0.39, 0.29) is 53.2 Å². The number of sulfone groups is 1. The Balaban J connectivity index is 0.00000261. The van der Waals surface area contributed by atoms with Gasteiger partial charge in [-0.2, -0.15) is 0 Å². The molecule has 0 aliphatic carbocycles. The van der Waals surface area contributed by atoms with Crippen molar-refractivity contribution >= 4 is 51.4 Å². The summed E-state index contributed by atoms with van der Waals surface area (Å²) in [5.74, 6) is 0.925. The van der Waals surface area contributed by atoms with Gasteiger partial charge >= 0.3 is 0 Å². The number of guanidine groups is 1. The molecular weight excluding hydrogens is 501 g/mol. The number of para-hydroxylation sites is 1. The molecule has 0 spiro atoms. The van der Waals surface area contributed by atoms with E-state index < -0.39 is 9.84 Å². The van der Waals surface area contributed by atoms with Crippen molar-refractivity contribution in [1.82, 2.24) is 5.32 Å². The van der Waals surface area contributed by atoms with E-state index in [4.69, 9.17) is 22.1 Å². The topological polar surface area (TPSA) is 93.8 Å². The Bertz CT molecular complexity index is 904. The first-order chi connectivity index (χ1) is 12.5. The second-order valence-electron chi connectivity index (χ2n) is 5.91. The van der Waals surface area contributed by atoms with Gasteiger partial charge in [-0.05, 0) is 30.3 Å². The number of benzene rings is 2. The van der Waals surface area contributed by atoms with Gasteiger partial charge in [0, 0.05) is 17.0 Å². The summed E-state index contributed by atoms with van der Waals surface area (Å²) >= 11 is 5.79. The molecule has 1 heterocycles. The summed E-state index contributed by atoms with van der Waals surface area (Å²) in [5, 5.41) is 3.64. The summed E-state index contributed by atoms with van der Waals surface area (Å²) in [4.78, 5) is 4.38. The number of nitrogens with one attached hydrogen (secondary N) is 1. The van der Waals surface area contributed by atoms with Crippen LogP contribution in [0.4, 0.5) is 0 Å². The lowest BCUT2D eigenvalue weighted by molar-refractivity contribution is 0.262. The van der Waals surface area contributed by atoms with Crippen LogP contribution < -0.4 is 15.8 Å². The predicted molar refractivity (Wildman–Crippen MR) is 118 cm³/mol. The zero-order valence-electron chi connectivity index (χ0n) is 14.5. The molecule has 0 radical (unpaired) electrons. The molecule has 0 amide bonds. The monoisotopic (exact) mass is 521 g/mol. The largest absolute Gasteiger partial charge is 0.493 e. The fourth-order valence-corrected chi connectivity index (χ4v) is 4.01. The molecule has 0 aromatic heterocycles. The van der Waals surface area contributed by atoms with Gasteiger partial charge in [0.25, 0.3) is 0 Å². The second-order valence-corrected chi connectivity index (χ2v) is 8.46. The van der Waals surface area contributed by atoms with E-state index >= 15 is 0 Å². The third-order valence-corrected chi connectivity index (χ3v) is 6.06. The maximum atomic E-state index is 12.3. The summed E-state index contributed by atoms with van der Waals surface area (Å²) in [7, 11) is -3.42. The summed E-state index contributed by atoms with van der Waals surface area (Å²) in [5.41, 5.74) is 6.95. The number of aliphatic imine (C=N–C) groups is 1. The minimum Gasteiger partial charge on any atom is -0.493 e. The standard InChI is InChI=1S/C18H20ClN3O3S.HI/c19-13-5-7-14(8-6-13)26(23,24)12-10-21-18(20)22-16-9-11-25-17-4-2-1-3-15(16)17;/h1-8,16H,9-12H2,(H3,20,21,22);1H. The molecule has 9 heteroatoms. The van der Waals surface area contributed by atoms with Gasteiger partial charge in [-0.1, -0.05) is 29.8 Å². The maximum absolute atomic E-state index is 12.3. The Morgan fingerprint density at radius 1 is 1.22 bits per heavy atom. The average molecular weight is 522 g/mol. The third kappa shape index (κ3) is 5.73. The lowest BCUT2D eigenvalue weighted by Crippen LogP contribution is -2.37. The Labute approximate surface area is 181 Å². The molecule has 1 aliphatic rings. The van der Waals surface area contributed by atoms with Gasteiger partial charge < -0.3 is 15.8 Å². The molecule has 0 fully saturated rings. The van der Waals surface area contributed by atoms with Crippen LogP contribution in [0, 0.1) is 0 Å². The van der Waals surface area contributed by atoms with Crippen molar-refractivity contribution in [3.8, 4) is 5.75 Å². The first kappa shape index (κ1) is 21.8. The Kier molecular flexibility index (Phi) is 7.75. The molecule has 0 saturated heterocycles. The Hall–Kier alpha value is -1.52. The van der Waals surface area contributed by atoms with Gasteiger partial charge in [-0.15, -0.1) is 24.0 Å². The normalized spacial score (nSPS) is 16.6. The van der Waals surface area contributed by atoms with Gasteiger partial charge in [0.15, 0.2) is 15.8 Å². The number of nitrogens with two attached hydrogens (primary N) is 1.